The van der Waals surface area contributed by atoms with Crippen molar-refractivity contribution in [1.29, 1.82) is 0 Å². The van der Waals surface area contributed by atoms with E-state index >= 15 is 0 Å². The van der Waals surface area contributed by atoms with Gasteiger partial charge in [-0.25, -0.2) is 0 Å². The molecule has 2 nitrogen and oxygen atoms in total. The maximum atomic E-state index is 5.42. The van der Waals surface area contributed by atoms with Crippen LogP contribution in [-0.4, -0.2) is 19.5 Å². The van der Waals surface area contributed by atoms with Gasteiger partial charge in [0.25, 0.3) is 0 Å². The van der Waals surface area contributed by atoms with Crippen LogP contribution in [0.4, 0.5) is 0 Å². The standard InChI is InChI=1S/C22H32O2/c1-17(8-6-9-18(2)16-21-23-14-15-24-21)11-12-20-19(3)10-7-13-22(20,4)5/h6,8-9,11-12,16,21H,7,10,13-15H2,1-5H3/b9-6+,12-11+,17-8-,18-16+. The van der Waals surface area contributed by atoms with Crippen molar-refractivity contribution < 1.29 is 9.47 Å². The van der Waals surface area contributed by atoms with Crippen LogP contribution in [-0.2, 0) is 9.47 Å². The van der Waals surface area contributed by atoms with E-state index in [9.17, 15) is 0 Å². The van der Waals surface area contributed by atoms with Crippen molar-refractivity contribution in [2.45, 2.75) is 60.2 Å². The molecule has 2 heteroatoms. The van der Waals surface area contributed by atoms with Gasteiger partial charge in [-0.1, -0.05) is 60.9 Å². The zero-order chi connectivity index (χ0) is 17.6. The predicted octanol–water partition coefficient (Wildman–Crippen LogP) is 5.89. The molecule has 0 aromatic heterocycles. The second kappa shape index (κ2) is 8.64. The van der Waals surface area contributed by atoms with Gasteiger partial charge < -0.3 is 9.47 Å². The molecule has 0 aromatic rings. The number of hydrogen-bond acceptors (Lipinski definition) is 2. The Morgan fingerprint density at radius 1 is 1.08 bits per heavy atom. The van der Waals surface area contributed by atoms with Crippen molar-refractivity contribution in [3.63, 3.8) is 0 Å². The van der Waals surface area contributed by atoms with Crippen LogP contribution < -0.4 is 0 Å². The second-order valence-electron chi connectivity index (χ2n) is 7.56. The van der Waals surface area contributed by atoms with E-state index in [0.29, 0.717) is 18.6 Å². The predicted molar refractivity (Wildman–Crippen MR) is 102 cm³/mol. The number of hydrogen-bond donors (Lipinski definition) is 0. The summed E-state index contributed by atoms with van der Waals surface area (Å²) in [6, 6.07) is 0. The molecule has 24 heavy (non-hydrogen) atoms. The first-order chi connectivity index (χ1) is 11.4. The third-order valence-electron chi connectivity index (χ3n) is 4.82. The Balaban J connectivity index is 1.97. The molecule has 2 aliphatic rings. The lowest BCUT2D eigenvalue weighted by Gasteiger charge is -2.32. The molecule has 0 saturated carbocycles. The third-order valence-corrected chi connectivity index (χ3v) is 4.82. The quantitative estimate of drug-likeness (QED) is 0.586. The maximum absolute atomic E-state index is 5.42. The zero-order valence-corrected chi connectivity index (χ0v) is 15.9. The molecule has 1 aliphatic heterocycles. The fourth-order valence-electron chi connectivity index (χ4n) is 3.38. The van der Waals surface area contributed by atoms with Gasteiger partial charge in [-0.3, -0.25) is 0 Å². The summed E-state index contributed by atoms with van der Waals surface area (Å²) in [6.45, 7) is 12.6. The molecular weight excluding hydrogens is 296 g/mol. The Hall–Kier alpha value is -1.38. The van der Waals surface area contributed by atoms with Crippen molar-refractivity contribution >= 4 is 0 Å². The van der Waals surface area contributed by atoms with Crippen molar-refractivity contribution in [2.24, 2.45) is 5.41 Å². The number of ether oxygens (including phenoxy) is 2. The molecule has 1 fully saturated rings. The van der Waals surface area contributed by atoms with Gasteiger partial charge in [-0.2, -0.15) is 0 Å². The highest BCUT2D eigenvalue weighted by molar-refractivity contribution is 5.37. The molecule has 0 N–H and O–H groups in total. The minimum Gasteiger partial charge on any atom is -0.347 e. The minimum absolute atomic E-state index is 0.178. The van der Waals surface area contributed by atoms with Crippen molar-refractivity contribution in [2.75, 3.05) is 13.2 Å². The fraction of sp³-hybridized carbons (Fsp3) is 0.545. The Bertz CT molecular complexity index is 579. The second-order valence-corrected chi connectivity index (χ2v) is 7.56. The van der Waals surface area contributed by atoms with Gasteiger partial charge >= 0.3 is 0 Å². The average molecular weight is 328 g/mol. The minimum atomic E-state index is -0.178. The molecule has 132 valence electrons. The highest BCUT2D eigenvalue weighted by atomic mass is 16.7. The Morgan fingerprint density at radius 3 is 2.46 bits per heavy atom. The van der Waals surface area contributed by atoms with Gasteiger partial charge in [0.15, 0.2) is 6.29 Å². The Morgan fingerprint density at radius 2 is 1.79 bits per heavy atom. The summed E-state index contributed by atoms with van der Waals surface area (Å²) in [5.74, 6) is 0. The van der Waals surface area contributed by atoms with Crippen molar-refractivity contribution in [3.05, 3.63) is 58.7 Å². The first-order valence-corrected chi connectivity index (χ1v) is 9.03. The Kier molecular flexibility index (Phi) is 6.82. The molecular formula is C22H32O2. The van der Waals surface area contributed by atoms with Crippen molar-refractivity contribution in [3.8, 4) is 0 Å². The molecule has 1 heterocycles. The van der Waals surface area contributed by atoms with E-state index < -0.39 is 0 Å². The summed E-state index contributed by atoms with van der Waals surface area (Å²) in [7, 11) is 0. The summed E-state index contributed by atoms with van der Waals surface area (Å²) in [4.78, 5) is 0. The zero-order valence-electron chi connectivity index (χ0n) is 15.9. The van der Waals surface area contributed by atoms with E-state index in [1.807, 2.05) is 6.08 Å². The summed E-state index contributed by atoms with van der Waals surface area (Å²) >= 11 is 0. The monoisotopic (exact) mass is 328 g/mol. The van der Waals surface area contributed by atoms with Crippen LogP contribution in [0, 0.1) is 5.41 Å². The molecule has 0 spiro atoms. The SMILES string of the molecule is CC1=C(/C=C/C(C)=C\C=C\C(C)=C\C2OCCO2)C(C)(C)CCC1. The first-order valence-electron chi connectivity index (χ1n) is 9.03. The van der Waals surface area contributed by atoms with Crippen LogP contribution in [0.25, 0.3) is 0 Å². The lowest BCUT2D eigenvalue weighted by molar-refractivity contribution is -0.00197. The third kappa shape index (κ3) is 5.61. The smallest absolute Gasteiger partial charge is 0.177 e. The number of allylic oxidation sites excluding steroid dienone is 9. The number of rotatable bonds is 5. The Labute approximate surface area is 147 Å². The van der Waals surface area contributed by atoms with E-state index in [0.717, 1.165) is 5.57 Å². The van der Waals surface area contributed by atoms with Crippen LogP contribution in [0.15, 0.2) is 58.7 Å². The van der Waals surface area contributed by atoms with Gasteiger partial charge in [0, 0.05) is 0 Å². The molecule has 1 aliphatic carbocycles. The van der Waals surface area contributed by atoms with Crippen LogP contribution in [0.3, 0.4) is 0 Å². The van der Waals surface area contributed by atoms with E-state index in [2.05, 4.69) is 65.0 Å². The molecule has 0 atom stereocenters. The molecule has 1 saturated heterocycles. The summed E-state index contributed by atoms with van der Waals surface area (Å²) in [5, 5.41) is 0. The van der Waals surface area contributed by atoms with E-state index in [4.69, 9.17) is 9.47 Å². The maximum Gasteiger partial charge on any atom is 0.177 e. The fourth-order valence-corrected chi connectivity index (χ4v) is 3.38. The van der Waals surface area contributed by atoms with Crippen LogP contribution in [0.5, 0.6) is 0 Å². The summed E-state index contributed by atoms with van der Waals surface area (Å²) in [6.07, 6.45) is 16.6. The van der Waals surface area contributed by atoms with Gasteiger partial charge in [0.1, 0.15) is 0 Å². The van der Waals surface area contributed by atoms with Gasteiger partial charge in [0.2, 0.25) is 0 Å². The van der Waals surface area contributed by atoms with Gasteiger partial charge in [-0.05, 0) is 57.1 Å². The first kappa shape index (κ1) is 19.0. The van der Waals surface area contributed by atoms with Crippen molar-refractivity contribution in [1.82, 2.24) is 0 Å². The van der Waals surface area contributed by atoms with Gasteiger partial charge in [-0.15, -0.1) is 0 Å². The van der Waals surface area contributed by atoms with Crippen LogP contribution >= 0.6 is 0 Å². The molecule has 2 rings (SSSR count). The molecule has 0 amide bonds. The summed E-state index contributed by atoms with van der Waals surface area (Å²) in [5.41, 5.74) is 5.77. The lowest BCUT2D eigenvalue weighted by atomic mass is 9.72. The summed E-state index contributed by atoms with van der Waals surface area (Å²) < 4.78 is 10.8. The van der Waals surface area contributed by atoms with Crippen LogP contribution in [0.1, 0.15) is 53.9 Å². The van der Waals surface area contributed by atoms with E-state index in [1.165, 1.54) is 30.4 Å². The van der Waals surface area contributed by atoms with Crippen LogP contribution in [0.2, 0.25) is 0 Å². The van der Waals surface area contributed by atoms with Gasteiger partial charge in [0.05, 0.1) is 13.2 Å². The highest BCUT2D eigenvalue weighted by Crippen LogP contribution is 2.40. The largest absolute Gasteiger partial charge is 0.347 e. The molecule has 0 unspecified atom stereocenters. The molecule has 0 bridgehead atoms. The van der Waals surface area contributed by atoms with E-state index in [1.54, 1.807) is 5.57 Å². The average Bonchev–Trinajstić information content (AvgIpc) is 2.98. The molecule has 0 radical (unpaired) electrons. The normalized spacial score (nSPS) is 23.9. The van der Waals surface area contributed by atoms with E-state index in [-0.39, 0.29) is 6.29 Å². The highest BCUT2D eigenvalue weighted by Gasteiger charge is 2.26. The lowest BCUT2D eigenvalue weighted by Crippen LogP contribution is -2.19. The molecule has 0 aromatic carbocycles. The topological polar surface area (TPSA) is 18.5 Å².